The number of hydrogen-bond donors (Lipinski definition) is 1. The molecule has 4 heteroatoms. The molecule has 1 aromatic carbocycles. The van der Waals surface area contributed by atoms with Gasteiger partial charge in [0.2, 0.25) is 0 Å². The Morgan fingerprint density at radius 2 is 1.84 bits per heavy atom. The molecule has 0 radical (unpaired) electrons. The highest BCUT2D eigenvalue weighted by Gasteiger charge is 2.24. The maximum Gasteiger partial charge on any atom is 0.179 e. The number of rotatable bonds is 7. The molecule has 1 aromatic rings. The summed E-state index contributed by atoms with van der Waals surface area (Å²) in [6.07, 6.45) is 0.677. The average Bonchev–Trinajstić information content (AvgIpc) is 2.38. The van der Waals surface area contributed by atoms with Crippen LogP contribution in [0.1, 0.15) is 37.6 Å². The second-order valence-electron chi connectivity index (χ2n) is 4.96. The number of carbonyl (C=O) groups is 1. The van der Waals surface area contributed by atoms with Crippen molar-refractivity contribution in [2.24, 2.45) is 0 Å². The Labute approximate surface area is 120 Å². The Hall–Kier alpha value is -0.900. The van der Waals surface area contributed by atoms with Crippen molar-refractivity contribution in [1.82, 2.24) is 4.90 Å². The average molecular weight is 284 g/mol. The molecule has 0 bridgehead atoms. The van der Waals surface area contributed by atoms with Crippen LogP contribution in [0.2, 0.25) is 5.02 Å². The largest absolute Gasteiger partial charge is 0.396 e. The van der Waals surface area contributed by atoms with Crippen LogP contribution >= 0.6 is 11.6 Å². The first kappa shape index (κ1) is 16.2. The molecule has 1 unspecified atom stereocenters. The van der Waals surface area contributed by atoms with E-state index in [1.54, 1.807) is 24.3 Å². The minimum Gasteiger partial charge on any atom is -0.396 e. The van der Waals surface area contributed by atoms with Gasteiger partial charge in [0, 0.05) is 29.8 Å². The van der Waals surface area contributed by atoms with E-state index in [-0.39, 0.29) is 24.5 Å². The fourth-order valence-corrected chi connectivity index (χ4v) is 2.28. The standard InChI is InChI=1S/C15H22ClNO2/c1-11(2)17(9-4-10-18)12(3)15(19)13-5-7-14(16)8-6-13/h5-8,11-12,18H,4,9-10H2,1-3H3. The lowest BCUT2D eigenvalue weighted by Gasteiger charge is -2.31. The van der Waals surface area contributed by atoms with Crippen LogP contribution in [0.4, 0.5) is 0 Å². The van der Waals surface area contributed by atoms with Crippen LogP contribution < -0.4 is 0 Å². The normalized spacial score (nSPS) is 13.0. The van der Waals surface area contributed by atoms with Gasteiger partial charge in [0.1, 0.15) is 0 Å². The summed E-state index contributed by atoms with van der Waals surface area (Å²) in [5.41, 5.74) is 0.673. The van der Waals surface area contributed by atoms with Gasteiger partial charge in [-0.05, 0) is 51.5 Å². The summed E-state index contributed by atoms with van der Waals surface area (Å²) in [7, 11) is 0. The van der Waals surface area contributed by atoms with Crippen LogP contribution in [-0.4, -0.2) is 41.0 Å². The van der Waals surface area contributed by atoms with Gasteiger partial charge in [-0.2, -0.15) is 0 Å². The molecule has 0 aliphatic rings. The molecule has 0 fully saturated rings. The summed E-state index contributed by atoms with van der Waals surface area (Å²) in [5, 5.41) is 9.57. The van der Waals surface area contributed by atoms with E-state index in [1.807, 2.05) is 6.92 Å². The Balaban J connectivity index is 2.80. The van der Waals surface area contributed by atoms with Gasteiger partial charge in [-0.25, -0.2) is 0 Å². The molecular weight excluding hydrogens is 262 g/mol. The third kappa shape index (κ3) is 4.60. The summed E-state index contributed by atoms with van der Waals surface area (Å²) in [6, 6.07) is 7.03. The molecule has 0 spiro atoms. The minimum atomic E-state index is -0.201. The topological polar surface area (TPSA) is 40.5 Å². The molecule has 0 aliphatic heterocycles. The monoisotopic (exact) mass is 283 g/mol. The van der Waals surface area contributed by atoms with E-state index in [9.17, 15) is 4.79 Å². The maximum absolute atomic E-state index is 12.4. The van der Waals surface area contributed by atoms with Crippen molar-refractivity contribution >= 4 is 17.4 Å². The van der Waals surface area contributed by atoms with Crippen LogP contribution in [0.25, 0.3) is 0 Å². The van der Waals surface area contributed by atoms with Crippen molar-refractivity contribution in [2.45, 2.75) is 39.3 Å². The third-order valence-corrected chi connectivity index (χ3v) is 3.50. The van der Waals surface area contributed by atoms with Gasteiger partial charge in [-0.1, -0.05) is 11.6 Å². The van der Waals surface area contributed by atoms with Crippen molar-refractivity contribution < 1.29 is 9.90 Å². The lowest BCUT2D eigenvalue weighted by Crippen LogP contribution is -2.44. The zero-order valence-corrected chi connectivity index (χ0v) is 12.5. The maximum atomic E-state index is 12.4. The summed E-state index contributed by atoms with van der Waals surface area (Å²) in [5.74, 6) is 0.0864. The number of aliphatic hydroxyl groups excluding tert-OH is 1. The van der Waals surface area contributed by atoms with Crippen molar-refractivity contribution in [3.63, 3.8) is 0 Å². The van der Waals surface area contributed by atoms with E-state index in [2.05, 4.69) is 18.7 Å². The second kappa shape index (κ2) is 7.63. The molecular formula is C15H22ClNO2. The van der Waals surface area contributed by atoms with Crippen molar-refractivity contribution in [3.8, 4) is 0 Å². The molecule has 0 aromatic heterocycles. The summed E-state index contributed by atoms with van der Waals surface area (Å²) >= 11 is 5.83. The molecule has 1 N–H and O–H groups in total. The van der Waals surface area contributed by atoms with E-state index < -0.39 is 0 Å². The fourth-order valence-electron chi connectivity index (χ4n) is 2.16. The molecule has 0 aliphatic carbocycles. The van der Waals surface area contributed by atoms with Gasteiger partial charge in [-0.15, -0.1) is 0 Å². The number of benzene rings is 1. The van der Waals surface area contributed by atoms with Gasteiger partial charge >= 0.3 is 0 Å². The quantitative estimate of drug-likeness (QED) is 0.782. The predicted octanol–water partition coefficient (Wildman–Crippen LogP) is 3.00. The number of halogens is 1. The smallest absolute Gasteiger partial charge is 0.179 e. The number of aliphatic hydroxyl groups is 1. The van der Waals surface area contributed by atoms with Crippen LogP contribution in [0.3, 0.4) is 0 Å². The van der Waals surface area contributed by atoms with E-state index >= 15 is 0 Å². The Morgan fingerprint density at radius 1 is 1.26 bits per heavy atom. The Bertz CT molecular complexity index is 403. The number of nitrogens with zero attached hydrogens (tertiary/aromatic N) is 1. The number of carbonyl (C=O) groups excluding carboxylic acids is 1. The van der Waals surface area contributed by atoms with Crippen molar-refractivity contribution in [1.29, 1.82) is 0 Å². The van der Waals surface area contributed by atoms with Crippen LogP contribution in [0.5, 0.6) is 0 Å². The minimum absolute atomic E-state index is 0.0864. The molecule has 0 saturated carbocycles. The zero-order valence-electron chi connectivity index (χ0n) is 11.8. The van der Waals surface area contributed by atoms with E-state index in [1.165, 1.54) is 0 Å². The van der Waals surface area contributed by atoms with Crippen molar-refractivity contribution in [3.05, 3.63) is 34.9 Å². The van der Waals surface area contributed by atoms with Crippen LogP contribution in [-0.2, 0) is 0 Å². The Morgan fingerprint density at radius 3 is 2.32 bits per heavy atom. The van der Waals surface area contributed by atoms with Crippen molar-refractivity contribution in [2.75, 3.05) is 13.2 Å². The van der Waals surface area contributed by atoms with E-state index in [0.29, 0.717) is 23.6 Å². The molecule has 0 saturated heterocycles. The SMILES string of the molecule is CC(C)N(CCCO)C(C)C(=O)c1ccc(Cl)cc1. The second-order valence-corrected chi connectivity index (χ2v) is 5.39. The fraction of sp³-hybridized carbons (Fsp3) is 0.533. The predicted molar refractivity (Wildman–Crippen MR) is 78.8 cm³/mol. The molecule has 0 heterocycles. The van der Waals surface area contributed by atoms with Gasteiger partial charge in [0.25, 0.3) is 0 Å². The molecule has 3 nitrogen and oxygen atoms in total. The number of Topliss-reactive ketones (excluding diaryl/α,β-unsaturated/α-hetero) is 1. The first-order valence-electron chi connectivity index (χ1n) is 6.63. The summed E-state index contributed by atoms with van der Waals surface area (Å²) in [6.45, 7) is 6.89. The van der Waals surface area contributed by atoms with Gasteiger partial charge in [-0.3, -0.25) is 9.69 Å². The number of hydrogen-bond acceptors (Lipinski definition) is 3. The Kier molecular flexibility index (Phi) is 6.49. The molecule has 19 heavy (non-hydrogen) atoms. The highest BCUT2D eigenvalue weighted by Crippen LogP contribution is 2.15. The highest BCUT2D eigenvalue weighted by atomic mass is 35.5. The number of ketones is 1. The van der Waals surface area contributed by atoms with Gasteiger partial charge in [0.15, 0.2) is 5.78 Å². The van der Waals surface area contributed by atoms with Gasteiger partial charge < -0.3 is 5.11 Å². The highest BCUT2D eigenvalue weighted by molar-refractivity contribution is 6.30. The van der Waals surface area contributed by atoms with Crippen LogP contribution in [0, 0.1) is 0 Å². The van der Waals surface area contributed by atoms with E-state index in [4.69, 9.17) is 16.7 Å². The summed E-state index contributed by atoms with van der Waals surface area (Å²) < 4.78 is 0. The van der Waals surface area contributed by atoms with E-state index in [0.717, 1.165) is 0 Å². The van der Waals surface area contributed by atoms with Crippen LogP contribution in [0.15, 0.2) is 24.3 Å². The lowest BCUT2D eigenvalue weighted by atomic mass is 10.0. The van der Waals surface area contributed by atoms with Gasteiger partial charge in [0.05, 0.1) is 6.04 Å². The third-order valence-electron chi connectivity index (χ3n) is 3.24. The zero-order chi connectivity index (χ0) is 14.4. The molecule has 1 atom stereocenters. The first-order valence-corrected chi connectivity index (χ1v) is 7.01. The lowest BCUT2D eigenvalue weighted by molar-refractivity contribution is 0.0772. The molecule has 106 valence electrons. The first-order chi connectivity index (χ1) is 8.97. The summed E-state index contributed by atoms with van der Waals surface area (Å²) in [4.78, 5) is 14.5. The molecule has 1 rings (SSSR count). The molecule has 0 amide bonds.